The van der Waals surface area contributed by atoms with Gasteiger partial charge in [-0.2, -0.15) is 0 Å². The highest BCUT2D eigenvalue weighted by molar-refractivity contribution is 6.70. The van der Waals surface area contributed by atoms with Crippen LogP contribution in [-0.4, -0.2) is 6.71 Å². The van der Waals surface area contributed by atoms with Crippen LogP contribution in [0.5, 0.6) is 0 Å². The lowest BCUT2D eigenvalue weighted by Crippen LogP contribution is -2.22. The summed E-state index contributed by atoms with van der Waals surface area (Å²) in [6, 6.07) is 19.1. The van der Waals surface area contributed by atoms with Gasteiger partial charge < -0.3 is 5.32 Å². The lowest BCUT2D eigenvalue weighted by Gasteiger charge is -2.08. The normalized spacial score (nSPS) is 10.0. The van der Waals surface area contributed by atoms with Gasteiger partial charge in [0.1, 0.15) is 0 Å². The van der Waals surface area contributed by atoms with E-state index in [0.717, 1.165) is 6.54 Å². The van der Waals surface area contributed by atoms with Gasteiger partial charge in [-0.05, 0) is 17.7 Å². The lowest BCUT2D eigenvalue weighted by molar-refractivity contribution is 1.15. The van der Waals surface area contributed by atoms with Crippen molar-refractivity contribution in [1.82, 2.24) is 0 Å². The van der Waals surface area contributed by atoms with E-state index in [2.05, 4.69) is 55.4 Å². The molecule has 0 aliphatic rings. The molecule has 0 unspecified atom stereocenters. The number of nitrogens with one attached hydrogen (secondary N) is 1. The van der Waals surface area contributed by atoms with Crippen molar-refractivity contribution in [2.24, 2.45) is 0 Å². The molecule has 0 fully saturated rings. The van der Waals surface area contributed by atoms with Crippen LogP contribution in [0, 0.1) is 0 Å². The van der Waals surface area contributed by atoms with Crippen LogP contribution in [-0.2, 0) is 6.54 Å². The van der Waals surface area contributed by atoms with Crippen LogP contribution in [0.3, 0.4) is 0 Å². The quantitative estimate of drug-likeness (QED) is 0.784. The van der Waals surface area contributed by atoms with Gasteiger partial charge in [-0.3, -0.25) is 0 Å². The Labute approximate surface area is 104 Å². The molecule has 0 heterocycles. The Kier molecular flexibility index (Phi) is 3.87. The Morgan fingerprint density at radius 2 is 1.53 bits per heavy atom. The standard InChI is InChI=1S/C15H18BN/c1-16(2)14-10-8-13(9-11-14)12-17-15-6-4-3-5-7-15/h3-11,17H,12H2,1-2H3. The van der Waals surface area contributed by atoms with Crippen molar-refractivity contribution in [2.75, 3.05) is 5.32 Å². The maximum Gasteiger partial charge on any atom is 0.169 e. The average molecular weight is 223 g/mol. The zero-order valence-electron chi connectivity index (χ0n) is 10.5. The number of para-hydroxylation sites is 1. The summed E-state index contributed by atoms with van der Waals surface area (Å²) in [5.41, 5.74) is 3.88. The minimum absolute atomic E-state index is 0.603. The highest BCUT2D eigenvalue weighted by Crippen LogP contribution is 2.07. The van der Waals surface area contributed by atoms with Crippen molar-refractivity contribution in [3.05, 3.63) is 60.2 Å². The fourth-order valence-corrected chi connectivity index (χ4v) is 1.78. The van der Waals surface area contributed by atoms with Gasteiger partial charge in [-0.15, -0.1) is 0 Å². The number of benzene rings is 2. The first-order valence-corrected chi connectivity index (χ1v) is 6.13. The summed E-state index contributed by atoms with van der Waals surface area (Å²) in [6.07, 6.45) is 0. The van der Waals surface area contributed by atoms with Gasteiger partial charge >= 0.3 is 0 Å². The van der Waals surface area contributed by atoms with Gasteiger partial charge in [0.15, 0.2) is 6.71 Å². The molecular formula is C15H18BN. The molecule has 0 radical (unpaired) electrons. The van der Waals surface area contributed by atoms with Crippen LogP contribution in [0.15, 0.2) is 54.6 Å². The van der Waals surface area contributed by atoms with Crippen LogP contribution < -0.4 is 10.8 Å². The lowest BCUT2D eigenvalue weighted by atomic mass is 9.49. The summed E-state index contributed by atoms with van der Waals surface area (Å²) in [5.74, 6) is 0. The van der Waals surface area contributed by atoms with Gasteiger partial charge in [-0.1, -0.05) is 61.6 Å². The van der Waals surface area contributed by atoms with Gasteiger partial charge in [0.25, 0.3) is 0 Å². The van der Waals surface area contributed by atoms with Crippen molar-refractivity contribution in [2.45, 2.75) is 20.2 Å². The van der Waals surface area contributed by atoms with Gasteiger partial charge in [0, 0.05) is 12.2 Å². The minimum Gasteiger partial charge on any atom is -0.381 e. The van der Waals surface area contributed by atoms with Crippen molar-refractivity contribution >= 4 is 17.9 Å². The van der Waals surface area contributed by atoms with Crippen LogP contribution >= 0.6 is 0 Å². The van der Waals surface area contributed by atoms with E-state index < -0.39 is 0 Å². The zero-order chi connectivity index (χ0) is 12.1. The summed E-state index contributed by atoms with van der Waals surface area (Å²) in [4.78, 5) is 0. The van der Waals surface area contributed by atoms with Crippen LogP contribution in [0.1, 0.15) is 5.56 Å². The number of hydrogen-bond acceptors (Lipinski definition) is 1. The molecule has 2 heteroatoms. The topological polar surface area (TPSA) is 12.0 Å². The van der Waals surface area contributed by atoms with Crippen molar-refractivity contribution in [3.8, 4) is 0 Å². The first-order valence-electron chi connectivity index (χ1n) is 6.13. The van der Waals surface area contributed by atoms with Crippen molar-refractivity contribution in [1.29, 1.82) is 0 Å². The fourth-order valence-electron chi connectivity index (χ4n) is 1.78. The Morgan fingerprint density at radius 1 is 0.882 bits per heavy atom. The third-order valence-electron chi connectivity index (χ3n) is 2.92. The second kappa shape index (κ2) is 5.58. The smallest absolute Gasteiger partial charge is 0.169 e. The second-order valence-electron chi connectivity index (χ2n) is 4.62. The Hall–Kier alpha value is -1.70. The summed E-state index contributed by atoms with van der Waals surface area (Å²) < 4.78 is 0. The van der Waals surface area contributed by atoms with Crippen LogP contribution in [0.4, 0.5) is 5.69 Å². The highest BCUT2D eigenvalue weighted by atomic mass is 14.9. The summed E-state index contributed by atoms with van der Waals surface area (Å²) >= 11 is 0. The second-order valence-corrected chi connectivity index (χ2v) is 4.62. The molecule has 1 nitrogen and oxygen atoms in total. The number of rotatable bonds is 4. The van der Waals surface area contributed by atoms with E-state index in [-0.39, 0.29) is 0 Å². The molecule has 0 saturated heterocycles. The molecule has 86 valence electrons. The average Bonchev–Trinajstić information content (AvgIpc) is 2.38. The van der Waals surface area contributed by atoms with E-state index in [1.807, 2.05) is 18.2 Å². The summed E-state index contributed by atoms with van der Waals surface area (Å²) in [5, 5.41) is 3.41. The zero-order valence-corrected chi connectivity index (χ0v) is 10.5. The van der Waals surface area contributed by atoms with Crippen LogP contribution in [0.25, 0.3) is 0 Å². The fraction of sp³-hybridized carbons (Fsp3) is 0.200. The van der Waals surface area contributed by atoms with Crippen molar-refractivity contribution < 1.29 is 0 Å². The Morgan fingerprint density at radius 3 is 2.12 bits per heavy atom. The Balaban J connectivity index is 1.96. The van der Waals surface area contributed by atoms with E-state index in [9.17, 15) is 0 Å². The molecule has 0 aromatic heterocycles. The van der Waals surface area contributed by atoms with E-state index in [1.165, 1.54) is 16.7 Å². The molecule has 0 bridgehead atoms. The first kappa shape index (κ1) is 11.8. The molecule has 1 N–H and O–H groups in total. The third-order valence-corrected chi connectivity index (χ3v) is 2.92. The minimum atomic E-state index is 0.603. The predicted octanol–water partition coefficient (Wildman–Crippen LogP) is 3.26. The van der Waals surface area contributed by atoms with E-state index in [0.29, 0.717) is 6.71 Å². The van der Waals surface area contributed by atoms with Gasteiger partial charge in [0.2, 0.25) is 0 Å². The first-order chi connectivity index (χ1) is 8.25. The van der Waals surface area contributed by atoms with Crippen LogP contribution in [0.2, 0.25) is 13.6 Å². The molecular weight excluding hydrogens is 205 g/mol. The number of anilines is 1. The molecule has 2 aromatic rings. The molecule has 0 spiro atoms. The number of hydrogen-bond donors (Lipinski definition) is 1. The molecule has 0 aliphatic heterocycles. The molecule has 17 heavy (non-hydrogen) atoms. The SMILES string of the molecule is CB(C)c1ccc(CNc2ccccc2)cc1. The van der Waals surface area contributed by atoms with E-state index in [1.54, 1.807) is 0 Å². The largest absolute Gasteiger partial charge is 0.381 e. The predicted molar refractivity (Wildman–Crippen MR) is 77.3 cm³/mol. The maximum absolute atomic E-state index is 3.41. The Bertz CT molecular complexity index is 448. The molecule has 0 saturated carbocycles. The molecule has 0 amide bonds. The highest BCUT2D eigenvalue weighted by Gasteiger charge is 2.01. The maximum atomic E-state index is 3.41. The van der Waals surface area contributed by atoms with E-state index >= 15 is 0 Å². The molecule has 0 atom stereocenters. The molecule has 2 rings (SSSR count). The third kappa shape index (κ3) is 3.38. The van der Waals surface area contributed by atoms with Gasteiger partial charge in [-0.25, -0.2) is 0 Å². The molecule has 0 aliphatic carbocycles. The van der Waals surface area contributed by atoms with E-state index in [4.69, 9.17) is 0 Å². The monoisotopic (exact) mass is 223 g/mol. The van der Waals surface area contributed by atoms with Gasteiger partial charge in [0.05, 0.1) is 0 Å². The van der Waals surface area contributed by atoms with Crippen molar-refractivity contribution in [3.63, 3.8) is 0 Å². The molecule has 2 aromatic carbocycles. The summed E-state index contributed by atoms with van der Waals surface area (Å²) in [7, 11) is 0. The summed E-state index contributed by atoms with van der Waals surface area (Å²) in [6.45, 7) is 5.92.